The van der Waals surface area contributed by atoms with Gasteiger partial charge >= 0.3 is 5.97 Å². The Balaban J connectivity index is 1.71. The number of rotatable bonds is 5. The molecule has 2 atom stereocenters. The van der Waals surface area contributed by atoms with E-state index in [4.69, 9.17) is 9.47 Å². The molecule has 1 N–H and O–H groups in total. The highest BCUT2D eigenvalue weighted by atomic mass is 127. The van der Waals surface area contributed by atoms with E-state index >= 15 is 0 Å². The molecule has 0 saturated carbocycles. The van der Waals surface area contributed by atoms with Gasteiger partial charge in [0, 0.05) is 18.2 Å². The van der Waals surface area contributed by atoms with Crippen LogP contribution in [0.2, 0.25) is 0 Å². The summed E-state index contributed by atoms with van der Waals surface area (Å²) in [5, 5.41) is 2.52. The van der Waals surface area contributed by atoms with E-state index in [1.54, 1.807) is 24.1 Å². The predicted molar refractivity (Wildman–Crippen MR) is 118 cm³/mol. The summed E-state index contributed by atoms with van der Waals surface area (Å²) in [5.41, 5.74) is 2.99. The molecule has 30 heavy (non-hydrogen) atoms. The lowest BCUT2D eigenvalue weighted by atomic mass is 9.96. The lowest BCUT2D eigenvalue weighted by Gasteiger charge is -2.22. The van der Waals surface area contributed by atoms with E-state index in [1.807, 2.05) is 38.1 Å². The molecule has 0 spiro atoms. The molecule has 0 aromatic heterocycles. The number of nitrogens with one attached hydrogen (secondary N) is 1. The number of amides is 2. The van der Waals surface area contributed by atoms with Crippen LogP contribution in [-0.2, 0) is 14.3 Å². The van der Waals surface area contributed by atoms with Crippen LogP contribution in [0, 0.1) is 9.49 Å². The summed E-state index contributed by atoms with van der Waals surface area (Å²) >= 11 is 2.15. The molecule has 2 aromatic rings. The normalized spacial score (nSPS) is 19.6. The van der Waals surface area contributed by atoms with Gasteiger partial charge in [0.25, 0.3) is 11.8 Å². The van der Waals surface area contributed by atoms with E-state index in [-0.39, 0.29) is 30.3 Å². The first-order valence-corrected chi connectivity index (χ1v) is 10.7. The molecule has 2 heterocycles. The minimum atomic E-state index is -0.703. The number of ether oxygens (including phenoxy) is 2. The van der Waals surface area contributed by atoms with Crippen molar-refractivity contribution in [2.45, 2.75) is 26.1 Å². The Hall–Kier alpha value is -2.62. The van der Waals surface area contributed by atoms with E-state index in [9.17, 15) is 14.4 Å². The van der Waals surface area contributed by atoms with Crippen molar-refractivity contribution in [1.29, 1.82) is 0 Å². The molecule has 2 aliphatic heterocycles. The van der Waals surface area contributed by atoms with Crippen molar-refractivity contribution in [3.05, 3.63) is 51.1 Å². The first-order valence-electron chi connectivity index (χ1n) is 9.62. The smallest absolute Gasteiger partial charge is 0.331 e. The second kappa shape index (κ2) is 7.90. The van der Waals surface area contributed by atoms with Crippen molar-refractivity contribution in [3.63, 3.8) is 0 Å². The molecular formula is C22H21IN2O5. The standard InChI is InChI=1S/C22H21IN2O5/c1-11(2)19-22(28)30-21-18-13(5-4-6-14(18)20(27)25(19)21)12-7-8-16(15(23)9-12)29-10-17(26)24-3/h4-9,11,19,21H,10H2,1-3H3,(H,24,26). The third kappa shape index (κ3) is 3.32. The van der Waals surface area contributed by atoms with Gasteiger partial charge in [-0.05, 0) is 57.8 Å². The molecule has 0 aliphatic carbocycles. The fourth-order valence-electron chi connectivity index (χ4n) is 3.93. The Labute approximate surface area is 187 Å². The van der Waals surface area contributed by atoms with Crippen LogP contribution in [0.1, 0.15) is 36.0 Å². The lowest BCUT2D eigenvalue weighted by Crippen LogP contribution is -2.39. The van der Waals surface area contributed by atoms with Gasteiger partial charge in [0.1, 0.15) is 11.8 Å². The van der Waals surface area contributed by atoms with Crippen molar-refractivity contribution < 1.29 is 23.9 Å². The van der Waals surface area contributed by atoms with Crippen LogP contribution in [0.4, 0.5) is 0 Å². The van der Waals surface area contributed by atoms with Crippen LogP contribution >= 0.6 is 22.6 Å². The number of esters is 1. The number of carbonyl (C=O) groups is 3. The van der Waals surface area contributed by atoms with Crippen LogP contribution in [0.15, 0.2) is 36.4 Å². The minimum Gasteiger partial charge on any atom is -0.483 e. The van der Waals surface area contributed by atoms with Crippen molar-refractivity contribution in [3.8, 4) is 16.9 Å². The number of halogens is 1. The first kappa shape index (κ1) is 20.6. The summed E-state index contributed by atoms with van der Waals surface area (Å²) in [6.45, 7) is 3.75. The SMILES string of the molecule is CNC(=O)COc1ccc(-c2cccc3c2C2OC(=O)C(C(C)C)N2C3=O)cc1I. The highest BCUT2D eigenvalue weighted by Crippen LogP contribution is 2.47. The summed E-state index contributed by atoms with van der Waals surface area (Å²) in [7, 11) is 1.56. The number of hydrogen-bond acceptors (Lipinski definition) is 5. The topological polar surface area (TPSA) is 84.9 Å². The van der Waals surface area contributed by atoms with Gasteiger partial charge in [-0.1, -0.05) is 32.0 Å². The summed E-state index contributed by atoms with van der Waals surface area (Å²) in [6.07, 6.45) is -0.703. The van der Waals surface area contributed by atoms with Gasteiger partial charge in [0.15, 0.2) is 6.61 Å². The van der Waals surface area contributed by atoms with Crippen molar-refractivity contribution in [2.24, 2.45) is 5.92 Å². The van der Waals surface area contributed by atoms with Gasteiger partial charge < -0.3 is 14.8 Å². The zero-order valence-electron chi connectivity index (χ0n) is 16.8. The zero-order chi connectivity index (χ0) is 21.6. The number of fused-ring (bicyclic) bond motifs is 3. The second-order valence-corrected chi connectivity index (χ2v) is 8.73. The maximum Gasteiger partial charge on any atom is 0.331 e. The van der Waals surface area contributed by atoms with Crippen LogP contribution in [0.25, 0.3) is 11.1 Å². The lowest BCUT2D eigenvalue weighted by molar-refractivity contribution is -0.143. The number of hydrogen-bond donors (Lipinski definition) is 1. The summed E-state index contributed by atoms with van der Waals surface area (Å²) < 4.78 is 12.0. The van der Waals surface area contributed by atoms with Crippen molar-refractivity contribution >= 4 is 40.4 Å². The fraction of sp³-hybridized carbons (Fsp3) is 0.318. The quantitative estimate of drug-likeness (QED) is 0.484. The molecule has 2 unspecified atom stereocenters. The summed E-state index contributed by atoms with van der Waals surface area (Å²) in [4.78, 5) is 38.5. The average molecular weight is 520 g/mol. The molecule has 2 aromatic carbocycles. The molecule has 2 aliphatic rings. The Morgan fingerprint density at radius 3 is 2.63 bits per heavy atom. The van der Waals surface area contributed by atoms with Crippen LogP contribution in [-0.4, -0.2) is 42.4 Å². The maximum absolute atomic E-state index is 13.1. The number of carbonyl (C=O) groups excluding carboxylic acids is 3. The molecule has 156 valence electrons. The van der Waals surface area contributed by atoms with Crippen LogP contribution in [0.5, 0.6) is 5.75 Å². The highest BCUT2D eigenvalue weighted by molar-refractivity contribution is 14.1. The summed E-state index contributed by atoms with van der Waals surface area (Å²) in [6, 6.07) is 10.6. The fourth-order valence-corrected chi connectivity index (χ4v) is 4.60. The van der Waals surface area contributed by atoms with Gasteiger partial charge in [0.05, 0.1) is 3.57 Å². The predicted octanol–water partition coefficient (Wildman–Crippen LogP) is 3.12. The Bertz CT molecular complexity index is 1050. The first-order chi connectivity index (χ1) is 14.3. The van der Waals surface area contributed by atoms with Gasteiger partial charge in [0.2, 0.25) is 6.23 Å². The van der Waals surface area contributed by atoms with Gasteiger partial charge in [-0.25, -0.2) is 4.79 Å². The molecular weight excluding hydrogens is 499 g/mol. The molecule has 7 nitrogen and oxygen atoms in total. The molecule has 2 amide bonds. The van der Waals surface area contributed by atoms with Crippen LogP contribution < -0.4 is 10.1 Å². The van der Waals surface area contributed by atoms with Crippen molar-refractivity contribution in [2.75, 3.05) is 13.7 Å². The van der Waals surface area contributed by atoms with E-state index in [2.05, 4.69) is 27.9 Å². The number of likely N-dealkylation sites (N-methyl/N-ethyl adjacent to an activating group) is 1. The van der Waals surface area contributed by atoms with E-state index in [0.717, 1.165) is 14.7 Å². The Morgan fingerprint density at radius 2 is 1.97 bits per heavy atom. The maximum atomic E-state index is 13.1. The number of benzene rings is 2. The second-order valence-electron chi connectivity index (χ2n) is 7.56. The molecule has 0 radical (unpaired) electrons. The Kier molecular flexibility index (Phi) is 5.44. The number of nitrogens with zero attached hydrogens (tertiary/aromatic N) is 1. The van der Waals surface area contributed by atoms with E-state index < -0.39 is 12.3 Å². The molecule has 4 rings (SSSR count). The average Bonchev–Trinajstić information content (AvgIpc) is 3.20. The molecule has 1 fully saturated rings. The third-order valence-electron chi connectivity index (χ3n) is 5.35. The van der Waals surface area contributed by atoms with E-state index in [0.29, 0.717) is 16.9 Å². The molecule has 0 bridgehead atoms. The molecule has 8 heteroatoms. The summed E-state index contributed by atoms with van der Waals surface area (Å²) in [5.74, 6) is -0.197. The zero-order valence-corrected chi connectivity index (χ0v) is 18.9. The monoisotopic (exact) mass is 520 g/mol. The van der Waals surface area contributed by atoms with E-state index in [1.165, 1.54) is 0 Å². The minimum absolute atomic E-state index is 0.0399. The van der Waals surface area contributed by atoms with Gasteiger partial charge in [-0.15, -0.1) is 0 Å². The van der Waals surface area contributed by atoms with Crippen LogP contribution in [0.3, 0.4) is 0 Å². The van der Waals surface area contributed by atoms with Crippen molar-refractivity contribution in [1.82, 2.24) is 10.2 Å². The molecule has 1 saturated heterocycles. The van der Waals surface area contributed by atoms with Gasteiger partial charge in [-0.3, -0.25) is 14.5 Å². The largest absolute Gasteiger partial charge is 0.483 e. The Morgan fingerprint density at radius 1 is 1.23 bits per heavy atom. The third-order valence-corrected chi connectivity index (χ3v) is 6.19. The highest BCUT2D eigenvalue weighted by Gasteiger charge is 2.53. The van der Waals surface area contributed by atoms with Gasteiger partial charge in [-0.2, -0.15) is 0 Å².